The summed E-state index contributed by atoms with van der Waals surface area (Å²) in [6.45, 7) is 3.65. The van der Waals surface area contributed by atoms with Crippen LogP contribution in [0.1, 0.15) is 24.0 Å². The quantitative estimate of drug-likeness (QED) is 0.844. The average Bonchev–Trinajstić information content (AvgIpc) is 2.80. The summed E-state index contributed by atoms with van der Waals surface area (Å²) in [6.07, 6.45) is 2.55. The first-order valence-corrected chi connectivity index (χ1v) is 5.66. The molecule has 1 aliphatic heterocycles. The van der Waals surface area contributed by atoms with Crippen LogP contribution in [-0.2, 0) is 4.74 Å². The minimum Gasteiger partial charge on any atom is -0.381 e. The smallest absolute Gasteiger partial charge is 0.101 e. The van der Waals surface area contributed by atoms with E-state index in [1.165, 1.54) is 0 Å². The van der Waals surface area contributed by atoms with Gasteiger partial charge in [0.2, 0.25) is 0 Å². The fraction of sp³-hybridized carbons (Fsp3) is 0.462. The first-order chi connectivity index (χ1) is 7.79. The fourth-order valence-electron chi connectivity index (χ4n) is 1.93. The second kappa shape index (κ2) is 5.00. The summed E-state index contributed by atoms with van der Waals surface area (Å²) < 4.78 is 5.53. The van der Waals surface area contributed by atoms with Crippen LogP contribution in [0.15, 0.2) is 18.2 Å². The van der Waals surface area contributed by atoms with Crippen LogP contribution in [0.2, 0.25) is 0 Å². The molecule has 0 amide bonds. The topological polar surface area (TPSA) is 45.0 Å². The summed E-state index contributed by atoms with van der Waals surface area (Å²) in [6, 6.07) is 8.08. The zero-order valence-electron chi connectivity index (χ0n) is 9.49. The number of hydrogen-bond acceptors (Lipinski definition) is 3. The minimum absolute atomic E-state index is 0.299. The Morgan fingerprint density at radius 3 is 3.12 bits per heavy atom. The molecule has 1 aromatic carbocycles. The molecule has 0 aliphatic carbocycles. The molecule has 3 nitrogen and oxygen atoms in total. The number of nitrogens with zero attached hydrogens (tertiary/aromatic N) is 1. The van der Waals surface area contributed by atoms with E-state index in [0.717, 1.165) is 37.2 Å². The van der Waals surface area contributed by atoms with Crippen LogP contribution in [0, 0.1) is 18.3 Å². The summed E-state index contributed by atoms with van der Waals surface area (Å²) >= 11 is 0. The predicted octanol–water partition coefficient (Wildman–Crippen LogP) is 2.46. The van der Waals surface area contributed by atoms with Gasteiger partial charge in [-0.1, -0.05) is 6.07 Å². The maximum atomic E-state index is 9.01. The average molecular weight is 216 g/mol. The summed E-state index contributed by atoms with van der Waals surface area (Å²) in [5.74, 6) is 0. The van der Waals surface area contributed by atoms with Crippen LogP contribution >= 0.6 is 0 Å². The molecule has 1 N–H and O–H groups in total. The Morgan fingerprint density at radius 1 is 1.56 bits per heavy atom. The molecule has 16 heavy (non-hydrogen) atoms. The van der Waals surface area contributed by atoms with Crippen molar-refractivity contribution in [2.45, 2.75) is 25.9 Å². The van der Waals surface area contributed by atoms with Crippen LogP contribution in [0.5, 0.6) is 0 Å². The molecule has 1 heterocycles. The van der Waals surface area contributed by atoms with Gasteiger partial charge in [-0.25, -0.2) is 0 Å². The number of hydrogen-bond donors (Lipinski definition) is 1. The highest BCUT2D eigenvalue weighted by Crippen LogP contribution is 2.18. The minimum atomic E-state index is 0.299. The van der Waals surface area contributed by atoms with Gasteiger partial charge in [-0.3, -0.25) is 0 Å². The van der Waals surface area contributed by atoms with E-state index in [1.807, 2.05) is 25.1 Å². The molecule has 1 aromatic rings. The van der Waals surface area contributed by atoms with Crippen molar-refractivity contribution in [3.05, 3.63) is 29.3 Å². The molecule has 2 rings (SSSR count). The molecule has 1 unspecified atom stereocenters. The molecule has 1 saturated heterocycles. The first kappa shape index (κ1) is 11.0. The molecule has 1 fully saturated rings. The standard InChI is InChI=1S/C13H16N2O/c1-10-4-5-13(11(7-10)8-14)15-9-12-3-2-6-16-12/h4-5,7,12,15H,2-3,6,9H2,1H3. The van der Waals surface area contributed by atoms with Crippen molar-refractivity contribution in [1.82, 2.24) is 0 Å². The monoisotopic (exact) mass is 216 g/mol. The second-order valence-corrected chi connectivity index (χ2v) is 4.18. The van der Waals surface area contributed by atoms with Crippen LogP contribution < -0.4 is 5.32 Å². The van der Waals surface area contributed by atoms with E-state index in [9.17, 15) is 0 Å². The van der Waals surface area contributed by atoms with E-state index < -0.39 is 0 Å². The van der Waals surface area contributed by atoms with Gasteiger partial charge in [-0.2, -0.15) is 5.26 Å². The Morgan fingerprint density at radius 2 is 2.44 bits per heavy atom. The summed E-state index contributed by atoms with van der Waals surface area (Å²) in [7, 11) is 0. The maximum absolute atomic E-state index is 9.01. The Balaban J connectivity index is 2.00. The second-order valence-electron chi connectivity index (χ2n) is 4.18. The highest BCUT2D eigenvalue weighted by atomic mass is 16.5. The van der Waals surface area contributed by atoms with Crippen molar-refractivity contribution in [2.75, 3.05) is 18.5 Å². The predicted molar refractivity (Wildman–Crippen MR) is 63.4 cm³/mol. The molecule has 1 atom stereocenters. The number of nitriles is 1. The zero-order valence-corrected chi connectivity index (χ0v) is 9.49. The molecule has 3 heteroatoms. The molecule has 0 radical (unpaired) electrons. The van der Waals surface area contributed by atoms with Crippen molar-refractivity contribution >= 4 is 5.69 Å². The first-order valence-electron chi connectivity index (χ1n) is 5.66. The van der Waals surface area contributed by atoms with E-state index in [1.54, 1.807) is 0 Å². The van der Waals surface area contributed by atoms with Crippen molar-refractivity contribution < 1.29 is 4.74 Å². The zero-order chi connectivity index (χ0) is 11.4. The third kappa shape index (κ3) is 2.53. The Bertz CT molecular complexity index is 403. The molecule has 0 spiro atoms. The Hall–Kier alpha value is -1.53. The lowest BCUT2D eigenvalue weighted by molar-refractivity contribution is 0.120. The van der Waals surface area contributed by atoms with Crippen LogP contribution in [0.4, 0.5) is 5.69 Å². The van der Waals surface area contributed by atoms with E-state index in [-0.39, 0.29) is 0 Å². The lowest BCUT2D eigenvalue weighted by Gasteiger charge is -2.13. The van der Waals surface area contributed by atoms with Crippen molar-refractivity contribution in [2.24, 2.45) is 0 Å². The molecular weight excluding hydrogens is 200 g/mol. The number of nitrogens with one attached hydrogen (secondary N) is 1. The molecule has 1 aliphatic rings. The van der Waals surface area contributed by atoms with Gasteiger partial charge in [0.25, 0.3) is 0 Å². The molecule has 0 bridgehead atoms. The van der Waals surface area contributed by atoms with E-state index in [2.05, 4.69) is 11.4 Å². The van der Waals surface area contributed by atoms with Gasteiger partial charge in [-0.05, 0) is 37.5 Å². The van der Waals surface area contributed by atoms with Crippen molar-refractivity contribution in [3.63, 3.8) is 0 Å². The van der Waals surface area contributed by atoms with E-state index in [4.69, 9.17) is 10.00 Å². The lowest BCUT2D eigenvalue weighted by atomic mass is 10.1. The molecule has 0 aromatic heterocycles. The van der Waals surface area contributed by atoms with Gasteiger partial charge >= 0.3 is 0 Å². The molecular formula is C13H16N2O. The van der Waals surface area contributed by atoms with Gasteiger partial charge in [-0.15, -0.1) is 0 Å². The highest BCUT2D eigenvalue weighted by molar-refractivity contribution is 5.58. The Kier molecular flexibility index (Phi) is 3.43. The van der Waals surface area contributed by atoms with Crippen LogP contribution in [-0.4, -0.2) is 19.3 Å². The van der Waals surface area contributed by atoms with Crippen molar-refractivity contribution in [1.29, 1.82) is 5.26 Å². The molecule has 84 valence electrons. The fourth-order valence-corrected chi connectivity index (χ4v) is 1.93. The van der Waals surface area contributed by atoms with E-state index in [0.29, 0.717) is 11.7 Å². The van der Waals surface area contributed by atoms with E-state index >= 15 is 0 Å². The van der Waals surface area contributed by atoms with Crippen LogP contribution in [0.3, 0.4) is 0 Å². The van der Waals surface area contributed by atoms with Gasteiger partial charge in [0.05, 0.1) is 17.4 Å². The summed E-state index contributed by atoms with van der Waals surface area (Å²) in [4.78, 5) is 0. The number of ether oxygens (including phenoxy) is 1. The number of benzene rings is 1. The largest absolute Gasteiger partial charge is 0.381 e. The van der Waals surface area contributed by atoms with Gasteiger partial charge in [0.1, 0.15) is 6.07 Å². The third-order valence-electron chi connectivity index (χ3n) is 2.84. The summed E-state index contributed by atoms with van der Waals surface area (Å²) in [5.41, 5.74) is 2.72. The normalized spacial score (nSPS) is 19.4. The van der Waals surface area contributed by atoms with Gasteiger partial charge in [0, 0.05) is 13.2 Å². The SMILES string of the molecule is Cc1ccc(NCC2CCCO2)c(C#N)c1. The van der Waals surface area contributed by atoms with Gasteiger partial charge in [0.15, 0.2) is 0 Å². The highest BCUT2D eigenvalue weighted by Gasteiger charge is 2.15. The van der Waals surface area contributed by atoms with Crippen molar-refractivity contribution in [3.8, 4) is 6.07 Å². The van der Waals surface area contributed by atoms with Crippen LogP contribution in [0.25, 0.3) is 0 Å². The Labute approximate surface area is 96.0 Å². The lowest BCUT2D eigenvalue weighted by Crippen LogP contribution is -2.18. The van der Waals surface area contributed by atoms with Gasteiger partial charge < -0.3 is 10.1 Å². The number of rotatable bonds is 3. The summed E-state index contributed by atoms with van der Waals surface area (Å²) in [5, 5.41) is 12.3. The maximum Gasteiger partial charge on any atom is 0.101 e. The molecule has 0 saturated carbocycles. The third-order valence-corrected chi connectivity index (χ3v) is 2.84. The number of aryl methyl sites for hydroxylation is 1. The number of anilines is 1.